The molecule has 0 saturated carbocycles. The summed E-state index contributed by atoms with van der Waals surface area (Å²) in [5, 5.41) is 2.16. The van der Waals surface area contributed by atoms with E-state index in [2.05, 4.69) is 18.5 Å². The third-order valence-electron chi connectivity index (χ3n) is 0.611. The number of hydrogen-bond acceptors (Lipinski definition) is 2. The monoisotopic (exact) mass is 125 g/mol. The number of allylic oxidation sites excluding steroid dienone is 1. The van der Waals surface area contributed by atoms with Gasteiger partial charge in [0, 0.05) is 0 Å². The van der Waals surface area contributed by atoms with Crippen molar-refractivity contribution in [3.63, 3.8) is 0 Å². The quantitative estimate of drug-likeness (QED) is 0.426. The minimum Gasteiger partial charge on any atom is -0.320 e. The second-order valence-electron chi connectivity index (χ2n) is 1.34. The first-order chi connectivity index (χ1) is 4.20. The third kappa shape index (κ3) is 3.22. The van der Waals surface area contributed by atoms with E-state index in [1.54, 1.807) is 0 Å². The van der Waals surface area contributed by atoms with Crippen LogP contribution in [0.2, 0.25) is 0 Å². The minimum atomic E-state index is -0.424. The van der Waals surface area contributed by atoms with Crippen molar-refractivity contribution in [2.24, 2.45) is 0 Å². The van der Waals surface area contributed by atoms with Crippen LogP contribution in [-0.4, -0.2) is 12.2 Å². The summed E-state index contributed by atoms with van der Waals surface area (Å²) in [4.78, 5) is 20.1. The molecule has 1 N–H and O–H groups in total. The van der Waals surface area contributed by atoms with E-state index in [9.17, 15) is 9.59 Å². The van der Waals surface area contributed by atoms with Gasteiger partial charge in [0.15, 0.2) is 6.29 Å². The first-order valence-electron chi connectivity index (χ1n) is 2.28. The second-order valence-corrected chi connectivity index (χ2v) is 1.34. The van der Waals surface area contributed by atoms with Crippen LogP contribution in [0.5, 0.6) is 0 Å². The topological polar surface area (TPSA) is 46.2 Å². The molecule has 48 valence electrons. The standard InChI is InChI=1S/C6H7NO2/c1-3-6(9)7-5(2)4-8/h3-4H,1-2H2,(H,7,9). The molecule has 0 heterocycles. The highest BCUT2D eigenvalue weighted by molar-refractivity contribution is 5.92. The van der Waals surface area contributed by atoms with Gasteiger partial charge >= 0.3 is 0 Å². The first-order valence-corrected chi connectivity index (χ1v) is 2.28. The largest absolute Gasteiger partial charge is 0.320 e. The lowest BCUT2D eigenvalue weighted by Gasteiger charge is -1.94. The molecule has 0 aromatic rings. The molecule has 9 heavy (non-hydrogen) atoms. The summed E-state index contributed by atoms with van der Waals surface area (Å²) in [5.74, 6) is -0.424. The Hall–Kier alpha value is -1.38. The Labute approximate surface area is 53.1 Å². The average molecular weight is 125 g/mol. The summed E-state index contributed by atoms with van der Waals surface area (Å²) in [6, 6.07) is 0. The Bertz CT molecular complexity index is 142. The highest BCUT2D eigenvalue weighted by atomic mass is 16.2. The maximum Gasteiger partial charge on any atom is 0.247 e. The van der Waals surface area contributed by atoms with E-state index in [4.69, 9.17) is 0 Å². The third-order valence-corrected chi connectivity index (χ3v) is 0.611. The molecule has 0 aromatic heterocycles. The molecule has 3 heteroatoms. The fourth-order valence-electron chi connectivity index (χ4n) is 0.239. The fourth-order valence-corrected chi connectivity index (χ4v) is 0.239. The summed E-state index contributed by atoms with van der Waals surface area (Å²) in [7, 11) is 0. The van der Waals surface area contributed by atoms with Gasteiger partial charge in [-0.25, -0.2) is 0 Å². The molecular formula is C6H7NO2. The van der Waals surface area contributed by atoms with Crippen LogP contribution in [0.15, 0.2) is 24.9 Å². The number of amides is 1. The van der Waals surface area contributed by atoms with Crippen molar-refractivity contribution in [2.45, 2.75) is 0 Å². The molecule has 0 bridgehead atoms. The van der Waals surface area contributed by atoms with Crippen LogP contribution in [0.3, 0.4) is 0 Å². The van der Waals surface area contributed by atoms with Crippen LogP contribution >= 0.6 is 0 Å². The number of carbonyl (C=O) groups excluding carboxylic acids is 2. The lowest BCUT2D eigenvalue weighted by Crippen LogP contribution is -2.19. The number of carbonyl (C=O) groups is 2. The summed E-state index contributed by atoms with van der Waals surface area (Å²) < 4.78 is 0. The summed E-state index contributed by atoms with van der Waals surface area (Å²) in [6.07, 6.45) is 1.52. The van der Waals surface area contributed by atoms with Crippen molar-refractivity contribution in [3.05, 3.63) is 24.9 Å². The molecule has 0 aliphatic carbocycles. The smallest absolute Gasteiger partial charge is 0.247 e. The molecule has 0 aliphatic heterocycles. The van der Waals surface area contributed by atoms with E-state index in [0.717, 1.165) is 6.08 Å². The van der Waals surface area contributed by atoms with Crippen molar-refractivity contribution in [3.8, 4) is 0 Å². The molecule has 1 amide bonds. The van der Waals surface area contributed by atoms with E-state index >= 15 is 0 Å². The van der Waals surface area contributed by atoms with E-state index in [-0.39, 0.29) is 5.70 Å². The van der Waals surface area contributed by atoms with Gasteiger partial charge in [-0.3, -0.25) is 9.59 Å². The van der Waals surface area contributed by atoms with E-state index in [1.807, 2.05) is 0 Å². The van der Waals surface area contributed by atoms with E-state index in [1.165, 1.54) is 0 Å². The molecule has 0 spiro atoms. The second kappa shape index (κ2) is 3.60. The van der Waals surface area contributed by atoms with Crippen molar-refractivity contribution in [2.75, 3.05) is 0 Å². The molecule has 0 aromatic carbocycles. The zero-order valence-corrected chi connectivity index (χ0v) is 4.89. The molecule has 0 fully saturated rings. The predicted molar refractivity (Wildman–Crippen MR) is 33.5 cm³/mol. The summed E-state index contributed by atoms with van der Waals surface area (Å²) in [5.41, 5.74) is 0.0416. The maximum atomic E-state index is 10.3. The highest BCUT2D eigenvalue weighted by Gasteiger charge is 1.92. The summed E-state index contributed by atoms with van der Waals surface area (Å²) >= 11 is 0. The molecule has 0 unspecified atom stereocenters. The number of hydrogen-bond donors (Lipinski definition) is 1. The number of rotatable bonds is 3. The van der Waals surface area contributed by atoms with Crippen molar-refractivity contribution in [1.82, 2.24) is 5.32 Å². The zero-order chi connectivity index (χ0) is 7.28. The first kappa shape index (κ1) is 7.62. The van der Waals surface area contributed by atoms with Gasteiger partial charge < -0.3 is 5.32 Å². The van der Waals surface area contributed by atoms with Gasteiger partial charge in [0.2, 0.25) is 5.91 Å². The minimum absolute atomic E-state index is 0.0416. The Morgan fingerprint density at radius 3 is 2.44 bits per heavy atom. The van der Waals surface area contributed by atoms with Crippen LogP contribution in [0.25, 0.3) is 0 Å². The SMILES string of the molecule is C=CC(=O)NC(=C)C=O. The van der Waals surface area contributed by atoms with Crippen LogP contribution in [0.4, 0.5) is 0 Å². The molecule has 0 rings (SSSR count). The van der Waals surface area contributed by atoms with Crippen molar-refractivity contribution in [1.29, 1.82) is 0 Å². The molecule has 0 radical (unpaired) electrons. The van der Waals surface area contributed by atoms with Gasteiger partial charge in [0.1, 0.15) is 0 Å². The molecule has 0 aliphatic rings. The Morgan fingerprint density at radius 1 is 1.56 bits per heavy atom. The number of aldehydes is 1. The average Bonchev–Trinajstić information content (AvgIpc) is 1.87. The molecular weight excluding hydrogens is 118 g/mol. The Kier molecular flexibility index (Phi) is 3.05. The van der Waals surface area contributed by atoms with Crippen molar-refractivity contribution < 1.29 is 9.59 Å². The van der Waals surface area contributed by atoms with E-state index < -0.39 is 5.91 Å². The van der Waals surface area contributed by atoms with Crippen LogP contribution in [-0.2, 0) is 9.59 Å². The van der Waals surface area contributed by atoms with Gasteiger partial charge in [0.25, 0.3) is 0 Å². The van der Waals surface area contributed by atoms with Gasteiger partial charge in [-0.1, -0.05) is 13.2 Å². The zero-order valence-electron chi connectivity index (χ0n) is 4.89. The lowest BCUT2D eigenvalue weighted by molar-refractivity contribution is -0.117. The van der Waals surface area contributed by atoms with Crippen LogP contribution < -0.4 is 5.32 Å². The van der Waals surface area contributed by atoms with Gasteiger partial charge in [-0.2, -0.15) is 0 Å². The van der Waals surface area contributed by atoms with Gasteiger partial charge in [0.05, 0.1) is 5.70 Å². The highest BCUT2D eigenvalue weighted by Crippen LogP contribution is 1.75. The van der Waals surface area contributed by atoms with Crippen LogP contribution in [0, 0.1) is 0 Å². The maximum absolute atomic E-state index is 10.3. The predicted octanol–water partition coefficient (Wildman–Crippen LogP) is 0.00120. The molecule has 0 atom stereocenters. The normalized spacial score (nSPS) is 7.56. The van der Waals surface area contributed by atoms with Gasteiger partial charge in [-0.05, 0) is 6.08 Å². The lowest BCUT2D eigenvalue weighted by atomic mass is 10.5. The van der Waals surface area contributed by atoms with Crippen LogP contribution in [0.1, 0.15) is 0 Å². The Balaban J connectivity index is 3.73. The van der Waals surface area contributed by atoms with Crippen molar-refractivity contribution >= 4 is 12.2 Å². The fraction of sp³-hybridized carbons (Fsp3) is 0. The molecule has 0 saturated heterocycles. The molecule has 3 nitrogen and oxygen atoms in total. The van der Waals surface area contributed by atoms with Gasteiger partial charge in [-0.15, -0.1) is 0 Å². The van der Waals surface area contributed by atoms with E-state index in [0.29, 0.717) is 6.29 Å². The Morgan fingerprint density at radius 2 is 2.11 bits per heavy atom. The summed E-state index contributed by atoms with van der Waals surface area (Å²) in [6.45, 7) is 6.39. The number of nitrogens with one attached hydrogen (secondary N) is 1.